The van der Waals surface area contributed by atoms with E-state index in [1.165, 1.54) is 9.80 Å². The lowest BCUT2D eigenvalue weighted by atomic mass is 10.1. The van der Waals surface area contributed by atoms with Crippen LogP contribution in [0.5, 0.6) is 0 Å². The second-order valence-corrected chi connectivity index (χ2v) is 6.22. The summed E-state index contributed by atoms with van der Waals surface area (Å²) in [5.74, 6) is 0.328. The van der Waals surface area contributed by atoms with Crippen LogP contribution in [-0.2, 0) is 11.3 Å². The van der Waals surface area contributed by atoms with E-state index in [0.717, 1.165) is 5.56 Å². The van der Waals surface area contributed by atoms with Gasteiger partial charge in [0.15, 0.2) is 5.96 Å². The monoisotopic (exact) mass is 502 g/mol. The maximum absolute atomic E-state index is 11.9. The maximum atomic E-state index is 11.9. The molecule has 10 heteroatoms. The Labute approximate surface area is 181 Å². The molecule has 154 valence electrons. The van der Waals surface area contributed by atoms with Crippen LogP contribution in [0, 0.1) is 0 Å². The molecule has 1 fully saturated rings. The van der Waals surface area contributed by atoms with Crippen LogP contribution in [0.4, 0.5) is 4.79 Å². The molecule has 0 radical (unpaired) electrons. The van der Waals surface area contributed by atoms with E-state index in [-0.39, 0.29) is 54.9 Å². The topological polar surface area (TPSA) is 106 Å². The molecule has 0 atom stereocenters. The molecular formula is C18H27IN6O3. The SMILES string of the molecule is CCNC(=NCc1ccc(C(=O)N(C)C)cc1)NCCN1C(=O)CNC1=O.I. The van der Waals surface area contributed by atoms with Gasteiger partial charge in [0, 0.05) is 39.3 Å². The number of aliphatic imine (C=N–C) groups is 1. The first-order valence-corrected chi connectivity index (χ1v) is 8.83. The van der Waals surface area contributed by atoms with Crippen LogP contribution in [0.1, 0.15) is 22.8 Å². The molecule has 1 heterocycles. The normalized spacial score (nSPS) is 13.7. The highest BCUT2D eigenvalue weighted by Crippen LogP contribution is 2.07. The summed E-state index contributed by atoms with van der Waals surface area (Å²) in [7, 11) is 3.43. The van der Waals surface area contributed by atoms with Crippen molar-refractivity contribution in [1.82, 2.24) is 25.8 Å². The van der Waals surface area contributed by atoms with Crippen molar-refractivity contribution in [3.8, 4) is 0 Å². The molecule has 0 aliphatic carbocycles. The van der Waals surface area contributed by atoms with Gasteiger partial charge >= 0.3 is 6.03 Å². The third-order valence-corrected chi connectivity index (χ3v) is 3.94. The molecular weight excluding hydrogens is 475 g/mol. The quantitative estimate of drug-likeness (QED) is 0.219. The summed E-state index contributed by atoms with van der Waals surface area (Å²) >= 11 is 0. The summed E-state index contributed by atoms with van der Waals surface area (Å²) in [6, 6.07) is 6.95. The van der Waals surface area contributed by atoms with E-state index in [9.17, 15) is 14.4 Å². The fraction of sp³-hybridized carbons (Fsp3) is 0.444. The number of guanidine groups is 1. The zero-order valence-electron chi connectivity index (χ0n) is 16.3. The Balaban J connectivity index is 0.00000392. The van der Waals surface area contributed by atoms with Gasteiger partial charge in [-0.25, -0.2) is 9.79 Å². The molecule has 28 heavy (non-hydrogen) atoms. The minimum atomic E-state index is -0.365. The molecule has 0 spiro atoms. The number of halogens is 1. The Kier molecular flexibility index (Phi) is 9.69. The molecule has 1 aromatic rings. The number of rotatable bonds is 7. The number of benzene rings is 1. The third-order valence-electron chi connectivity index (χ3n) is 3.94. The zero-order chi connectivity index (χ0) is 19.8. The number of nitrogens with zero attached hydrogens (tertiary/aromatic N) is 3. The molecule has 2 rings (SSSR count). The Morgan fingerprint density at radius 3 is 2.43 bits per heavy atom. The summed E-state index contributed by atoms with van der Waals surface area (Å²) in [6.45, 7) is 3.81. The van der Waals surface area contributed by atoms with Gasteiger partial charge in [0.2, 0.25) is 5.91 Å². The lowest BCUT2D eigenvalue weighted by molar-refractivity contribution is -0.124. The molecule has 0 aromatic heterocycles. The van der Waals surface area contributed by atoms with Gasteiger partial charge in [0.25, 0.3) is 5.91 Å². The van der Waals surface area contributed by atoms with Crippen molar-refractivity contribution in [3.05, 3.63) is 35.4 Å². The Bertz CT molecular complexity index is 705. The zero-order valence-corrected chi connectivity index (χ0v) is 18.6. The van der Waals surface area contributed by atoms with Gasteiger partial charge < -0.3 is 20.9 Å². The highest BCUT2D eigenvalue weighted by molar-refractivity contribution is 14.0. The molecule has 1 aliphatic rings. The van der Waals surface area contributed by atoms with E-state index in [1.807, 2.05) is 19.1 Å². The van der Waals surface area contributed by atoms with E-state index in [4.69, 9.17) is 0 Å². The molecule has 1 aliphatic heterocycles. The van der Waals surface area contributed by atoms with E-state index in [2.05, 4.69) is 20.9 Å². The predicted molar refractivity (Wildman–Crippen MR) is 118 cm³/mol. The highest BCUT2D eigenvalue weighted by atomic mass is 127. The number of nitrogens with one attached hydrogen (secondary N) is 3. The Morgan fingerprint density at radius 1 is 1.21 bits per heavy atom. The largest absolute Gasteiger partial charge is 0.357 e. The van der Waals surface area contributed by atoms with Gasteiger partial charge in [-0.15, -0.1) is 24.0 Å². The lowest BCUT2D eigenvalue weighted by Gasteiger charge is -2.15. The van der Waals surface area contributed by atoms with E-state index >= 15 is 0 Å². The fourth-order valence-corrected chi connectivity index (χ4v) is 2.49. The number of carbonyl (C=O) groups excluding carboxylic acids is 3. The van der Waals surface area contributed by atoms with Crippen molar-refractivity contribution in [1.29, 1.82) is 0 Å². The summed E-state index contributed by atoms with van der Waals surface area (Å²) in [6.07, 6.45) is 0. The number of carbonyl (C=O) groups is 3. The minimum absolute atomic E-state index is 0. The number of imide groups is 1. The first-order chi connectivity index (χ1) is 12.9. The smallest absolute Gasteiger partial charge is 0.324 e. The third kappa shape index (κ3) is 6.66. The van der Waals surface area contributed by atoms with Crippen LogP contribution in [0.2, 0.25) is 0 Å². The fourth-order valence-electron chi connectivity index (χ4n) is 2.49. The number of urea groups is 1. The molecule has 0 saturated carbocycles. The maximum Gasteiger partial charge on any atom is 0.324 e. The summed E-state index contributed by atoms with van der Waals surface area (Å²) < 4.78 is 0. The van der Waals surface area contributed by atoms with Crippen molar-refractivity contribution >= 4 is 47.8 Å². The molecule has 4 amide bonds. The first kappa shape index (κ1) is 23.7. The van der Waals surface area contributed by atoms with Gasteiger partial charge in [-0.1, -0.05) is 12.1 Å². The average molecular weight is 502 g/mol. The summed E-state index contributed by atoms with van der Waals surface area (Å²) in [5.41, 5.74) is 1.60. The molecule has 9 nitrogen and oxygen atoms in total. The van der Waals surface area contributed by atoms with Crippen molar-refractivity contribution in [2.45, 2.75) is 13.5 Å². The number of amides is 4. The van der Waals surface area contributed by atoms with Crippen molar-refractivity contribution in [3.63, 3.8) is 0 Å². The van der Waals surface area contributed by atoms with E-state index in [0.29, 0.717) is 31.2 Å². The molecule has 1 saturated heterocycles. The van der Waals surface area contributed by atoms with Crippen LogP contribution in [0.15, 0.2) is 29.3 Å². The van der Waals surface area contributed by atoms with Crippen molar-refractivity contribution in [2.24, 2.45) is 4.99 Å². The Morgan fingerprint density at radius 2 is 1.89 bits per heavy atom. The molecule has 3 N–H and O–H groups in total. The van der Waals surface area contributed by atoms with Crippen LogP contribution >= 0.6 is 24.0 Å². The minimum Gasteiger partial charge on any atom is -0.357 e. The van der Waals surface area contributed by atoms with Gasteiger partial charge in [-0.2, -0.15) is 0 Å². The van der Waals surface area contributed by atoms with Gasteiger partial charge in [0.1, 0.15) is 0 Å². The first-order valence-electron chi connectivity index (χ1n) is 8.83. The average Bonchev–Trinajstić information content (AvgIpc) is 2.97. The standard InChI is InChI=1S/C18H26N6O3.HI/c1-4-19-17(20-9-10-24-15(25)12-22-18(24)27)21-11-13-5-7-14(8-6-13)16(26)23(2)3;/h5-8H,4,9-12H2,1-3H3,(H,22,27)(H2,19,20,21);1H. The summed E-state index contributed by atoms with van der Waals surface area (Å²) in [5, 5.41) is 8.71. The van der Waals surface area contributed by atoms with Crippen LogP contribution in [-0.4, -0.2) is 73.9 Å². The number of hydrogen-bond donors (Lipinski definition) is 3. The van der Waals surface area contributed by atoms with E-state index < -0.39 is 0 Å². The van der Waals surface area contributed by atoms with Gasteiger partial charge in [-0.3, -0.25) is 14.5 Å². The van der Waals surface area contributed by atoms with Crippen molar-refractivity contribution < 1.29 is 14.4 Å². The van der Waals surface area contributed by atoms with Crippen LogP contribution < -0.4 is 16.0 Å². The molecule has 0 bridgehead atoms. The second-order valence-electron chi connectivity index (χ2n) is 6.22. The van der Waals surface area contributed by atoms with Crippen molar-refractivity contribution in [2.75, 3.05) is 40.3 Å². The second kappa shape index (κ2) is 11.5. The van der Waals surface area contributed by atoms with Gasteiger partial charge in [-0.05, 0) is 24.6 Å². The molecule has 0 unspecified atom stereocenters. The lowest BCUT2D eigenvalue weighted by Crippen LogP contribution is -2.43. The summed E-state index contributed by atoms with van der Waals surface area (Å²) in [4.78, 5) is 42.2. The molecule has 1 aromatic carbocycles. The number of hydrogen-bond acceptors (Lipinski definition) is 4. The van der Waals surface area contributed by atoms with E-state index in [1.54, 1.807) is 26.2 Å². The highest BCUT2D eigenvalue weighted by Gasteiger charge is 2.27. The predicted octanol–water partition coefficient (Wildman–Crippen LogP) is 0.613. The van der Waals surface area contributed by atoms with Gasteiger partial charge in [0.05, 0.1) is 13.1 Å². The van der Waals surface area contributed by atoms with Crippen LogP contribution in [0.3, 0.4) is 0 Å². The van der Waals surface area contributed by atoms with Crippen LogP contribution in [0.25, 0.3) is 0 Å². The Hall–Kier alpha value is -2.37.